The SMILES string of the molecule is O=C(CSc1nnc(-c2ccc(Cl)cc2)n1C1CCCCC1)N/N=C\c1ccccc1F. The van der Waals surface area contributed by atoms with Gasteiger partial charge < -0.3 is 0 Å². The predicted octanol–water partition coefficient (Wildman–Crippen LogP) is 5.49. The van der Waals surface area contributed by atoms with Gasteiger partial charge in [0.25, 0.3) is 5.91 Å². The van der Waals surface area contributed by atoms with Crippen LogP contribution in [0.25, 0.3) is 11.4 Å². The smallest absolute Gasteiger partial charge is 0.250 e. The highest BCUT2D eigenvalue weighted by molar-refractivity contribution is 7.99. The lowest BCUT2D eigenvalue weighted by Gasteiger charge is -2.25. The molecule has 1 aliphatic rings. The van der Waals surface area contributed by atoms with E-state index >= 15 is 0 Å². The molecule has 0 spiro atoms. The second-order valence-electron chi connectivity index (χ2n) is 7.58. The van der Waals surface area contributed by atoms with Crippen LogP contribution in [0.3, 0.4) is 0 Å². The number of carbonyl (C=O) groups is 1. The highest BCUT2D eigenvalue weighted by Gasteiger charge is 2.24. The molecule has 1 N–H and O–H groups in total. The van der Waals surface area contributed by atoms with E-state index in [2.05, 4.69) is 25.3 Å². The second kappa shape index (κ2) is 10.7. The van der Waals surface area contributed by atoms with Crippen molar-refractivity contribution in [2.75, 3.05) is 5.75 Å². The maximum Gasteiger partial charge on any atom is 0.250 e. The van der Waals surface area contributed by atoms with Crippen LogP contribution in [-0.2, 0) is 4.79 Å². The van der Waals surface area contributed by atoms with Crippen LogP contribution in [0.2, 0.25) is 5.02 Å². The van der Waals surface area contributed by atoms with Crippen molar-refractivity contribution in [2.24, 2.45) is 5.10 Å². The van der Waals surface area contributed by atoms with Crippen molar-refractivity contribution in [2.45, 2.75) is 43.3 Å². The van der Waals surface area contributed by atoms with Gasteiger partial charge in [-0.15, -0.1) is 10.2 Å². The number of rotatable bonds is 7. The van der Waals surface area contributed by atoms with Crippen molar-refractivity contribution in [3.8, 4) is 11.4 Å². The summed E-state index contributed by atoms with van der Waals surface area (Å²) in [7, 11) is 0. The van der Waals surface area contributed by atoms with Crippen LogP contribution in [0, 0.1) is 5.82 Å². The lowest BCUT2D eigenvalue weighted by Crippen LogP contribution is -2.21. The number of thioether (sulfide) groups is 1. The molecule has 0 saturated heterocycles. The zero-order valence-corrected chi connectivity index (χ0v) is 18.9. The number of amides is 1. The summed E-state index contributed by atoms with van der Waals surface area (Å²) in [5.41, 5.74) is 3.70. The molecule has 9 heteroatoms. The highest BCUT2D eigenvalue weighted by atomic mass is 35.5. The molecule has 6 nitrogen and oxygen atoms in total. The third kappa shape index (κ3) is 5.55. The lowest BCUT2D eigenvalue weighted by molar-refractivity contribution is -0.118. The molecule has 4 rings (SSSR count). The van der Waals surface area contributed by atoms with Crippen LogP contribution in [0.4, 0.5) is 4.39 Å². The average Bonchev–Trinajstić information content (AvgIpc) is 3.24. The summed E-state index contributed by atoms with van der Waals surface area (Å²) in [6, 6.07) is 14.1. The minimum atomic E-state index is -0.393. The van der Waals surface area contributed by atoms with E-state index in [1.54, 1.807) is 18.2 Å². The first-order valence-corrected chi connectivity index (χ1v) is 11.9. The third-order valence-electron chi connectivity index (χ3n) is 5.34. The number of hydrazone groups is 1. The first-order valence-electron chi connectivity index (χ1n) is 10.5. The van der Waals surface area contributed by atoms with Gasteiger partial charge in [-0.3, -0.25) is 9.36 Å². The zero-order valence-electron chi connectivity index (χ0n) is 17.4. The van der Waals surface area contributed by atoms with E-state index in [-0.39, 0.29) is 11.7 Å². The maximum absolute atomic E-state index is 13.6. The van der Waals surface area contributed by atoms with Gasteiger partial charge in [0.15, 0.2) is 11.0 Å². The summed E-state index contributed by atoms with van der Waals surface area (Å²) in [5.74, 6) is 0.221. The Morgan fingerprint density at radius 2 is 1.91 bits per heavy atom. The van der Waals surface area contributed by atoms with Gasteiger partial charge in [-0.2, -0.15) is 5.10 Å². The molecule has 1 heterocycles. The van der Waals surface area contributed by atoms with E-state index in [1.807, 2.05) is 24.3 Å². The van der Waals surface area contributed by atoms with Crippen LogP contribution in [0.5, 0.6) is 0 Å². The number of hydrogen-bond acceptors (Lipinski definition) is 5. The Morgan fingerprint density at radius 3 is 2.66 bits per heavy atom. The molecule has 0 atom stereocenters. The van der Waals surface area contributed by atoms with Crippen LogP contribution in [0.15, 0.2) is 58.8 Å². The van der Waals surface area contributed by atoms with Crippen molar-refractivity contribution in [1.82, 2.24) is 20.2 Å². The first-order chi connectivity index (χ1) is 15.6. The van der Waals surface area contributed by atoms with Crippen molar-refractivity contribution in [3.63, 3.8) is 0 Å². The molecule has 1 fully saturated rings. The second-order valence-corrected chi connectivity index (χ2v) is 8.96. The van der Waals surface area contributed by atoms with E-state index in [9.17, 15) is 9.18 Å². The quantitative estimate of drug-likeness (QED) is 0.281. The van der Waals surface area contributed by atoms with Crippen molar-refractivity contribution < 1.29 is 9.18 Å². The first kappa shape index (κ1) is 22.5. The van der Waals surface area contributed by atoms with E-state index in [1.165, 1.54) is 30.5 Å². The Labute approximate surface area is 195 Å². The molecule has 1 saturated carbocycles. The van der Waals surface area contributed by atoms with Gasteiger partial charge in [-0.25, -0.2) is 9.82 Å². The van der Waals surface area contributed by atoms with Crippen molar-refractivity contribution >= 4 is 35.5 Å². The molecule has 0 unspecified atom stereocenters. The molecule has 0 aliphatic heterocycles. The molecule has 3 aromatic rings. The predicted molar refractivity (Wildman–Crippen MR) is 125 cm³/mol. The molecule has 32 heavy (non-hydrogen) atoms. The fraction of sp³-hybridized carbons (Fsp3) is 0.304. The van der Waals surface area contributed by atoms with E-state index in [4.69, 9.17) is 11.6 Å². The van der Waals surface area contributed by atoms with Crippen LogP contribution in [0.1, 0.15) is 43.7 Å². The largest absolute Gasteiger partial charge is 0.299 e. The molecule has 1 amide bonds. The fourth-order valence-corrected chi connectivity index (χ4v) is 4.68. The van der Waals surface area contributed by atoms with E-state index in [0.29, 0.717) is 21.8 Å². The standard InChI is InChI=1S/C23H23ClFN5OS/c24-18-12-10-16(11-13-18)22-28-29-23(30(22)19-7-2-1-3-8-19)32-15-21(31)27-26-14-17-6-4-5-9-20(17)25/h4-6,9-14,19H,1-3,7-8,15H2,(H,27,31)/b26-14-. The van der Waals surface area contributed by atoms with Crippen LogP contribution < -0.4 is 5.43 Å². The van der Waals surface area contributed by atoms with Crippen molar-refractivity contribution in [3.05, 3.63) is 64.9 Å². The number of benzene rings is 2. The minimum Gasteiger partial charge on any atom is -0.299 e. The normalized spacial score (nSPS) is 14.7. The molecular formula is C23H23ClFN5OS. The van der Waals surface area contributed by atoms with E-state index in [0.717, 1.165) is 37.1 Å². The van der Waals surface area contributed by atoms with Crippen molar-refractivity contribution in [1.29, 1.82) is 0 Å². The summed E-state index contributed by atoms with van der Waals surface area (Å²) < 4.78 is 15.8. The summed E-state index contributed by atoms with van der Waals surface area (Å²) >= 11 is 7.36. The topological polar surface area (TPSA) is 72.2 Å². The Morgan fingerprint density at radius 1 is 1.16 bits per heavy atom. The molecule has 2 aromatic carbocycles. The molecule has 0 bridgehead atoms. The summed E-state index contributed by atoms with van der Waals surface area (Å²) in [4.78, 5) is 12.3. The third-order valence-corrected chi connectivity index (χ3v) is 6.53. The number of carbonyl (C=O) groups excluding carboxylic acids is 1. The lowest BCUT2D eigenvalue weighted by atomic mass is 9.95. The zero-order chi connectivity index (χ0) is 22.3. The maximum atomic E-state index is 13.6. The fourth-order valence-electron chi connectivity index (χ4n) is 3.76. The molecule has 1 aliphatic carbocycles. The van der Waals surface area contributed by atoms with Gasteiger partial charge in [0.05, 0.1) is 12.0 Å². The number of nitrogens with zero attached hydrogens (tertiary/aromatic N) is 4. The monoisotopic (exact) mass is 471 g/mol. The molecule has 0 radical (unpaired) electrons. The summed E-state index contributed by atoms with van der Waals surface area (Å²) in [6.07, 6.45) is 6.98. The Hall–Kier alpha value is -2.71. The number of halogens is 2. The number of aromatic nitrogens is 3. The number of nitrogens with one attached hydrogen (secondary N) is 1. The average molecular weight is 472 g/mol. The van der Waals surface area contributed by atoms with E-state index < -0.39 is 5.82 Å². The Balaban J connectivity index is 1.46. The van der Waals surface area contributed by atoms with Gasteiger partial charge in [0, 0.05) is 22.2 Å². The molecule has 166 valence electrons. The Bertz CT molecular complexity index is 1100. The van der Waals surface area contributed by atoms with Crippen LogP contribution in [-0.4, -0.2) is 32.6 Å². The van der Waals surface area contributed by atoms with Crippen LogP contribution >= 0.6 is 23.4 Å². The molecule has 1 aromatic heterocycles. The molecular weight excluding hydrogens is 449 g/mol. The summed E-state index contributed by atoms with van der Waals surface area (Å²) in [6.45, 7) is 0. The number of hydrogen-bond donors (Lipinski definition) is 1. The van der Waals surface area contributed by atoms with Gasteiger partial charge in [-0.05, 0) is 43.2 Å². The van der Waals surface area contributed by atoms with Gasteiger partial charge >= 0.3 is 0 Å². The summed E-state index contributed by atoms with van der Waals surface area (Å²) in [5, 5.41) is 14.0. The Kier molecular flexibility index (Phi) is 7.55. The van der Waals surface area contributed by atoms with Gasteiger partial charge in [-0.1, -0.05) is 60.8 Å². The minimum absolute atomic E-state index is 0.125. The highest BCUT2D eigenvalue weighted by Crippen LogP contribution is 2.35. The van der Waals surface area contributed by atoms with Gasteiger partial charge in [0.1, 0.15) is 5.82 Å². The van der Waals surface area contributed by atoms with Gasteiger partial charge in [0.2, 0.25) is 0 Å².